The molecule has 0 bridgehead atoms. The summed E-state index contributed by atoms with van der Waals surface area (Å²) in [5.74, 6) is 1.41. The Morgan fingerprint density at radius 1 is 1.19 bits per heavy atom. The maximum absolute atomic E-state index is 11.4. The zero-order valence-electron chi connectivity index (χ0n) is 16.1. The summed E-state index contributed by atoms with van der Waals surface area (Å²) >= 11 is 0. The van der Waals surface area contributed by atoms with E-state index in [1.54, 1.807) is 51.1 Å². The molecule has 7 nitrogen and oxygen atoms in total. The van der Waals surface area contributed by atoms with Crippen LogP contribution in [0.3, 0.4) is 0 Å². The summed E-state index contributed by atoms with van der Waals surface area (Å²) in [4.78, 5) is 29.2. The van der Waals surface area contributed by atoms with E-state index in [1.807, 2.05) is 13.8 Å². The van der Waals surface area contributed by atoms with Crippen LogP contribution in [0.2, 0.25) is 0 Å². The molecule has 0 saturated heterocycles. The number of hydrogen-bond donors (Lipinski definition) is 4. The van der Waals surface area contributed by atoms with Crippen LogP contribution in [-0.4, -0.2) is 20.5 Å². The molecule has 148 valence electrons. The summed E-state index contributed by atoms with van der Waals surface area (Å²) in [7, 11) is -4.85. The van der Waals surface area contributed by atoms with E-state index >= 15 is 0 Å². The van der Waals surface area contributed by atoms with Crippen molar-refractivity contribution >= 4 is 18.9 Å². The van der Waals surface area contributed by atoms with Crippen molar-refractivity contribution in [2.75, 3.05) is 5.32 Å². The summed E-state index contributed by atoms with van der Waals surface area (Å²) in [6, 6.07) is 3.12. The molecule has 0 aromatic heterocycles. The molecule has 0 atom stereocenters. The van der Waals surface area contributed by atoms with Gasteiger partial charge in [0.15, 0.2) is 0 Å². The van der Waals surface area contributed by atoms with Crippen molar-refractivity contribution in [3.05, 3.63) is 59.1 Å². The fraction of sp³-hybridized carbons (Fsp3) is 0.316. The van der Waals surface area contributed by atoms with Gasteiger partial charge in [0.1, 0.15) is 17.3 Å². The molecule has 0 radical (unpaired) electrons. The highest BCUT2D eigenvalue weighted by atomic mass is 31.2. The van der Waals surface area contributed by atoms with Crippen molar-refractivity contribution in [1.82, 2.24) is 0 Å². The predicted molar refractivity (Wildman–Crippen MR) is 106 cm³/mol. The molecule has 0 unspecified atom stereocenters. The Morgan fingerprint density at radius 3 is 2.19 bits per heavy atom. The standard InChI is InChI=1S/C19H26NO6P/c1-6-17(8-7-16(21)9-12(2)3)26-18-13(4)10-15(11-14(18)5)20-19(22)27(23,24)25/h6-12,21H,1-5H3,(H,20,22)(H2,23,24,25)/b8-7-,16-9-,17-6+. The molecular formula is C19H26NO6P. The molecule has 27 heavy (non-hydrogen) atoms. The quantitative estimate of drug-likeness (QED) is 0.295. The van der Waals surface area contributed by atoms with Crippen LogP contribution in [0.5, 0.6) is 5.75 Å². The van der Waals surface area contributed by atoms with E-state index in [2.05, 4.69) is 5.32 Å². The predicted octanol–water partition coefficient (Wildman–Crippen LogP) is 4.95. The highest BCUT2D eigenvalue weighted by molar-refractivity contribution is 7.70. The molecule has 0 aliphatic heterocycles. The molecule has 0 saturated carbocycles. The van der Waals surface area contributed by atoms with Gasteiger partial charge in [-0.05, 0) is 74.3 Å². The largest absolute Gasteiger partial charge is 0.508 e. The van der Waals surface area contributed by atoms with E-state index in [9.17, 15) is 14.5 Å². The molecular weight excluding hydrogens is 369 g/mol. The number of ether oxygens (including phenoxy) is 1. The van der Waals surface area contributed by atoms with Crippen LogP contribution in [0.1, 0.15) is 31.9 Å². The van der Waals surface area contributed by atoms with E-state index in [-0.39, 0.29) is 17.4 Å². The summed E-state index contributed by atoms with van der Waals surface area (Å²) in [6.07, 6.45) is 6.62. The van der Waals surface area contributed by atoms with Gasteiger partial charge in [0.25, 0.3) is 0 Å². The van der Waals surface area contributed by atoms with Crippen LogP contribution in [0.15, 0.2) is 48.0 Å². The smallest absolute Gasteiger partial charge is 0.413 e. The van der Waals surface area contributed by atoms with Crippen LogP contribution in [0.4, 0.5) is 10.5 Å². The molecule has 1 rings (SSSR count). The van der Waals surface area contributed by atoms with Crippen LogP contribution in [-0.2, 0) is 4.57 Å². The molecule has 0 spiro atoms. The van der Waals surface area contributed by atoms with E-state index in [1.165, 1.54) is 6.08 Å². The number of hydrogen-bond acceptors (Lipinski definition) is 4. The molecule has 1 aromatic rings. The third kappa shape index (κ3) is 7.43. The molecule has 1 amide bonds. The molecule has 0 aliphatic rings. The molecule has 0 fully saturated rings. The molecule has 8 heteroatoms. The van der Waals surface area contributed by atoms with Gasteiger partial charge in [-0.15, -0.1) is 0 Å². The van der Waals surface area contributed by atoms with Gasteiger partial charge in [-0.1, -0.05) is 13.8 Å². The lowest BCUT2D eigenvalue weighted by Crippen LogP contribution is -2.10. The highest BCUT2D eigenvalue weighted by Crippen LogP contribution is 2.37. The second-order valence-corrected chi connectivity index (χ2v) is 7.87. The van der Waals surface area contributed by atoms with Crippen molar-refractivity contribution in [1.29, 1.82) is 0 Å². The Balaban J connectivity index is 3.02. The van der Waals surface area contributed by atoms with Crippen molar-refractivity contribution < 1.29 is 29.0 Å². The molecule has 0 heterocycles. The van der Waals surface area contributed by atoms with Gasteiger partial charge >= 0.3 is 13.2 Å². The van der Waals surface area contributed by atoms with Crippen LogP contribution < -0.4 is 10.1 Å². The minimum Gasteiger partial charge on any atom is -0.508 e. The van der Waals surface area contributed by atoms with E-state index in [0.717, 1.165) is 0 Å². The number of allylic oxidation sites excluding steroid dienone is 4. The van der Waals surface area contributed by atoms with Crippen LogP contribution in [0, 0.1) is 19.8 Å². The Hall–Kier alpha value is -2.34. The van der Waals surface area contributed by atoms with Crippen molar-refractivity contribution in [3.63, 3.8) is 0 Å². The van der Waals surface area contributed by atoms with Gasteiger partial charge < -0.3 is 24.9 Å². The first-order chi connectivity index (χ1) is 12.4. The summed E-state index contributed by atoms with van der Waals surface area (Å²) < 4.78 is 16.8. The van der Waals surface area contributed by atoms with Gasteiger partial charge in [-0.2, -0.15) is 0 Å². The number of amides is 1. The number of carbonyl (C=O) groups is 1. The topological polar surface area (TPSA) is 116 Å². The average Bonchev–Trinajstić information content (AvgIpc) is 2.52. The van der Waals surface area contributed by atoms with E-state index in [0.29, 0.717) is 22.6 Å². The molecule has 1 aromatic carbocycles. The lowest BCUT2D eigenvalue weighted by molar-refractivity contribution is 0.258. The van der Waals surface area contributed by atoms with Gasteiger partial charge in [-0.25, -0.2) is 4.57 Å². The number of aryl methyl sites for hydroxylation is 2. The Kier molecular flexibility index (Phi) is 8.03. The molecule has 0 aliphatic carbocycles. The number of rotatable bonds is 7. The summed E-state index contributed by atoms with van der Waals surface area (Å²) in [5.41, 5.74) is 0.247. The minimum absolute atomic E-state index is 0.136. The normalized spacial score (nSPS) is 13.3. The Labute approximate surface area is 159 Å². The number of benzene rings is 1. The number of aliphatic hydroxyl groups is 1. The third-order valence-corrected chi connectivity index (χ3v) is 4.04. The maximum atomic E-state index is 11.4. The van der Waals surface area contributed by atoms with Gasteiger partial charge in [0.2, 0.25) is 0 Å². The monoisotopic (exact) mass is 395 g/mol. The van der Waals surface area contributed by atoms with Crippen molar-refractivity contribution in [3.8, 4) is 5.75 Å². The second-order valence-electron chi connectivity index (χ2n) is 6.38. The minimum atomic E-state index is -4.85. The Bertz CT molecular complexity index is 810. The SMILES string of the molecule is C\C=C(/C=C\C(O)=C\C(C)C)Oc1c(C)cc(NC(=O)P(=O)(O)O)cc1C. The summed E-state index contributed by atoms with van der Waals surface area (Å²) in [5, 5.41) is 12.0. The van der Waals surface area contributed by atoms with Gasteiger partial charge in [0.05, 0.1) is 0 Å². The zero-order valence-corrected chi connectivity index (χ0v) is 16.9. The van der Waals surface area contributed by atoms with Crippen molar-refractivity contribution in [2.24, 2.45) is 5.92 Å². The summed E-state index contributed by atoms with van der Waals surface area (Å²) in [6.45, 7) is 9.21. The first-order valence-corrected chi connectivity index (χ1v) is 9.96. The number of nitrogens with one attached hydrogen (secondary N) is 1. The number of carbonyl (C=O) groups excluding carboxylic acids is 1. The fourth-order valence-electron chi connectivity index (χ4n) is 2.25. The van der Waals surface area contributed by atoms with Gasteiger partial charge in [-0.3, -0.25) is 4.79 Å². The van der Waals surface area contributed by atoms with Gasteiger partial charge in [0, 0.05) is 5.69 Å². The first kappa shape index (κ1) is 22.7. The van der Waals surface area contributed by atoms with Crippen LogP contribution in [0.25, 0.3) is 0 Å². The van der Waals surface area contributed by atoms with Crippen molar-refractivity contribution in [2.45, 2.75) is 34.6 Å². The average molecular weight is 395 g/mol. The van der Waals surface area contributed by atoms with E-state index in [4.69, 9.17) is 14.5 Å². The zero-order chi connectivity index (χ0) is 20.8. The molecule has 4 N–H and O–H groups in total. The number of anilines is 1. The van der Waals surface area contributed by atoms with Crippen LogP contribution >= 0.6 is 7.60 Å². The lowest BCUT2D eigenvalue weighted by Gasteiger charge is -2.15. The highest BCUT2D eigenvalue weighted by Gasteiger charge is 2.26. The Morgan fingerprint density at radius 2 is 1.74 bits per heavy atom. The maximum Gasteiger partial charge on any atom is 0.413 e. The van der Waals surface area contributed by atoms with E-state index < -0.39 is 13.2 Å². The third-order valence-electron chi connectivity index (χ3n) is 3.40. The first-order valence-electron chi connectivity index (χ1n) is 8.35. The lowest BCUT2D eigenvalue weighted by atomic mass is 10.1. The fourth-order valence-corrected chi connectivity index (χ4v) is 2.53. The second kappa shape index (κ2) is 9.55. The number of aliphatic hydroxyl groups excluding tert-OH is 1.